The minimum atomic E-state index is -0.208. The molecule has 9 heteroatoms. The van der Waals surface area contributed by atoms with E-state index in [0.29, 0.717) is 36.5 Å². The fourth-order valence-corrected chi connectivity index (χ4v) is 4.47. The summed E-state index contributed by atoms with van der Waals surface area (Å²) in [5.74, 6) is 0.458. The van der Waals surface area contributed by atoms with Crippen LogP contribution in [0.5, 0.6) is 0 Å². The van der Waals surface area contributed by atoms with Gasteiger partial charge in [-0.15, -0.1) is 11.3 Å². The fraction of sp³-hybridized carbons (Fsp3) is 0.381. The van der Waals surface area contributed by atoms with E-state index in [4.69, 9.17) is 4.74 Å². The van der Waals surface area contributed by atoms with Gasteiger partial charge in [-0.1, -0.05) is 18.2 Å². The van der Waals surface area contributed by atoms with Crippen molar-refractivity contribution in [2.24, 2.45) is 0 Å². The number of carbonyl (C=O) groups is 1. The van der Waals surface area contributed by atoms with Crippen LogP contribution in [0.4, 0.5) is 4.79 Å². The molecule has 3 aromatic rings. The van der Waals surface area contributed by atoms with Crippen LogP contribution < -0.4 is 10.9 Å². The lowest BCUT2D eigenvalue weighted by Crippen LogP contribution is -2.45. The van der Waals surface area contributed by atoms with E-state index >= 15 is 0 Å². The van der Waals surface area contributed by atoms with Gasteiger partial charge >= 0.3 is 6.03 Å². The molecule has 2 amide bonds. The molecule has 1 aliphatic heterocycles. The van der Waals surface area contributed by atoms with Crippen LogP contribution >= 0.6 is 11.3 Å². The summed E-state index contributed by atoms with van der Waals surface area (Å²) >= 11 is 1.69. The number of H-pyrrole nitrogens is 1. The first-order valence-corrected chi connectivity index (χ1v) is 10.8. The highest BCUT2D eigenvalue weighted by Crippen LogP contribution is 2.25. The number of thiophene rings is 1. The van der Waals surface area contributed by atoms with Crippen molar-refractivity contribution in [1.29, 1.82) is 0 Å². The number of carbonyl (C=O) groups excluding carboxylic acids is 1. The van der Waals surface area contributed by atoms with Crippen LogP contribution in [-0.2, 0) is 11.3 Å². The molecule has 1 aromatic carbocycles. The SMILES string of the molecule is CN(Cc1nc2ccccc2c(=O)[nH]1)C(=O)NCC(c1cccs1)N1CCOCC1. The highest BCUT2D eigenvalue weighted by Gasteiger charge is 2.24. The summed E-state index contributed by atoms with van der Waals surface area (Å²) in [4.78, 5) is 37.3. The van der Waals surface area contributed by atoms with Gasteiger partial charge in [-0.05, 0) is 23.6 Å². The summed E-state index contributed by atoms with van der Waals surface area (Å²) in [5.41, 5.74) is 0.421. The number of aromatic amines is 1. The van der Waals surface area contributed by atoms with Gasteiger partial charge in [0.25, 0.3) is 5.56 Å². The van der Waals surface area contributed by atoms with Gasteiger partial charge in [-0.3, -0.25) is 9.69 Å². The molecule has 1 aliphatic rings. The summed E-state index contributed by atoms with van der Waals surface area (Å²) in [5, 5.41) is 5.63. The molecule has 0 saturated carbocycles. The topological polar surface area (TPSA) is 90.6 Å². The van der Waals surface area contributed by atoms with Crippen molar-refractivity contribution in [1.82, 2.24) is 25.1 Å². The van der Waals surface area contributed by atoms with Crippen molar-refractivity contribution < 1.29 is 9.53 Å². The Bertz CT molecular complexity index is 1050. The second kappa shape index (κ2) is 9.38. The molecule has 2 aromatic heterocycles. The van der Waals surface area contributed by atoms with Crippen LogP contribution in [0.25, 0.3) is 10.9 Å². The highest BCUT2D eigenvalue weighted by molar-refractivity contribution is 7.10. The zero-order valence-electron chi connectivity index (χ0n) is 16.8. The molecule has 8 nitrogen and oxygen atoms in total. The number of nitrogens with zero attached hydrogens (tertiary/aromatic N) is 3. The maximum atomic E-state index is 12.7. The predicted octanol–water partition coefficient (Wildman–Crippen LogP) is 2.20. The van der Waals surface area contributed by atoms with Crippen LogP contribution in [0.3, 0.4) is 0 Å². The van der Waals surface area contributed by atoms with Crippen molar-refractivity contribution >= 4 is 28.3 Å². The number of benzene rings is 1. The maximum absolute atomic E-state index is 12.7. The summed E-state index contributed by atoms with van der Waals surface area (Å²) in [6.45, 7) is 3.82. The molecule has 0 aliphatic carbocycles. The number of nitrogens with one attached hydrogen (secondary N) is 2. The third kappa shape index (κ3) is 4.69. The summed E-state index contributed by atoms with van der Waals surface area (Å²) in [7, 11) is 1.69. The van der Waals surface area contributed by atoms with Gasteiger partial charge in [-0.25, -0.2) is 9.78 Å². The Labute approximate surface area is 178 Å². The molecular formula is C21H25N5O3S. The molecule has 0 radical (unpaired) electrons. The Morgan fingerprint density at radius 1 is 1.30 bits per heavy atom. The van der Waals surface area contributed by atoms with Crippen LogP contribution in [0.15, 0.2) is 46.6 Å². The number of fused-ring (bicyclic) bond motifs is 1. The van der Waals surface area contributed by atoms with Crippen LogP contribution in [0.2, 0.25) is 0 Å². The number of hydrogen-bond acceptors (Lipinski definition) is 6. The number of para-hydroxylation sites is 1. The van der Waals surface area contributed by atoms with E-state index < -0.39 is 0 Å². The lowest BCUT2D eigenvalue weighted by atomic mass is 10.2. The van der Waals surface area contributed by atoms with Crippen LogP contribution in [0, 0.1) is 0 Å². The van der Waals surface area contributed by atoms with E-state index in [0.717, 1.165) is 13.1 Å². The number of amides is 2. The largest absolute Gasteiger partial charge is 0.379 e. The van der Waals surface area contributed by atoms with E-state index in [1.54, 1.807) is 36.6 Å². The summed E-state index contributed by atoms with van der Waals surface area (Å²) in [6.07, 6.45) is 0. The summed E-state index contributed by atoms with van der Waals surface area (Å²) in [6, 6.07) is 11.2. The molecule has 4 rings (SSSR count). The smallest absolute Gasteiger partial charge is 0.317 e. The first kappa shape index (κ1) is 20.5. The van der Waals surface area contributed by atoms with Gasteiger partial charge in [0.1, 0.15) is 5.82 Å². The average Bonchev–Trinajstić information content (AvgIpc) is 3.29. The minimum absolute atomic E-state index is 0.116. The molecule has 30 heavy (non-hydrogen) atoms. The molecule has 0 spiro atoms. The number of ether oxygens (including phenoxy) is 1. The zero-order valence-corrected chi connectivity index (χ0v) is 17.7. The lowest BCUT2D eigenvalue weighted by molar-refractivity contribution is 0.0172. The Balaban J connectivity index is 1.40. The number of rotatable bonds is 6. The third-order valence-electron chi connectivity index (χ3n) is 5.20. The monoisotopic (exact) mass is 427 g/mol. The van der Waals surface area contributed by atoms with Gasteiger partial charge < -0.3 is 19.9 Å². The number of aromatic nitrogens is 2. The van der Waals surface area contributed by atoms with Gasteiger partial charge in [0.2, 0.25) is 0 Å². The Kier molecular flexibility index (Phi) is 6.41. The molecule has 1 fully saturated rings. The number of urea groups is 1. The van der Waals surface area contributed by atoms with Gasteiger partial charge in [0.15, 0.2) is 0 Å². The average molecular weight is 428 g/mol. The van der Waals surface area contributed by atoms with Crippen molar-refractivity contribution in [3.63, 3.8) is 0 Å². The molecule has 1 atom stereocenters. The summed E-state index contributed by atoms with van der Waals surface area (Å²) < 4.78 is 5.47. The normalized spacial score (nSPS) is 15.8. The Hall–Kier alpha value is -2.75. The molecular weight excluding hydrogens is 402 g/mol. The standard InChI is InChI=1S/C21H25N5O3S/c1-25(14-19-23-16-6-3-2-5-15(16)20(27)24-19)21(28)22-13-17(18-7-4-12-30-18)26-8-10-29-11-9-26/h2-7,12,17H,8-11,13-14H2,1H3,(H,22,28)(H,23,24,27). The number of hydrogen-bond donors (Lipinski definition) is 2. The number of morpholine rings is 1. The van der Waals surface area contributed by atoms with Crippen molar-refractivity contribution in [2.45, 2.75) is 12.6 Å². The van der Waals surface area contributed by atoms with Crippen LogP contribution in [0.1, 0.15) is 16.7 Å². The van der Waals surface area contributed by atoms with E-state index in [-0.39, 0.29) is 24.2 Å². The Morgan fingerprint density at radius 3 is 2.87 bits per heavy atom. The molecule has 3 heterocycles. The van der Waals surface area contributed by atoms with E-state index in [1.165, 1.54) is 9.78 Å². The van der Waals surface area contributed by atoms with Crippen molar-refractivity contribution in [2.75, 3.05) is 39.9 Å². The van der Waals surface area contributed by atoms with E-state index in [9.17, 15) is 9.59 Å². The van der Waals surface area contributed by atoms with E-state index in [2.05, 4.69) is 31.6 Å². The molecule has 1 unspecified atom stereocenters. The van der Waals surface area contributed by atoms with Gasteiger partial charge in [0, 0.05) is 31.6 Å². The molecule has 0 bridgehead atoms. The first-order valence-electron chi connectivity index (χ1n) is 9.94. The highest BCUT2D eigenvalue weighted by atomic mass is 32.1. The lowest BCUT2D eigenvalue weighted by Gasteiger charge is -2.34. The van der Waals surface area contributed by atoms with Gasteiger partial charge in [-0.2, -0.15) is 0 Å². The molecule has 1 saturated heterocycles. The Morgan fingerprint density at radius 2 is 2.10 bits per heavy atom. The van der Waals surface area contributed by atoms with Gasteiger partial charge in [0.05, 0.1) is 36.7 Å². The maximum Gasteiger partial charge on any atom is 0.317 e. The molecule has 2 N–H and O–H groups in total. The second-order valence-electron chi connectivity index (χ2n) is 7.25. The predicted molar refractivity (Wildman–Crippen MR) is 117 cm³/mol. The fourth-order valence-electron chi connectivity index (χ4n) is 3.60. The van der Waals surface area contributed by atoms with Crippen molar-refractivity contribution in [3.8, 4) is 0 Å². The quantitative estimate of drug-likeness (QED) is 0.629. The van der Waals surface area contributed by atoms with E-state index in [1.807, 2.05) is 12.1 Å². The zero-order chi connectivity index (χ0) is 20.9. The second-order valence-corrected chi connectivity index (χ2v) is 8.23. The van der Waals surface area contributed by atoms with Crippen LogP contribution in [-0.4, -0.2) is 65.7 Å². The minimum Gasteiger partial charge on any atom is -0.379 e. The third-order valence-corrected chi connectivity index (χ3v) is 6.17. The van der Waals surface area contributed by atoms with Crippen molar-refractivity contribution in [3.05, 3.63) is 62.8 Å². The first-order chi connectivity index (χ1) is 14.6. The molecule has 158 valence electrons.